The monoisotopic (exact) mass is 290 g/mol. The van der Waals surface area contributed by atoms with Crippen LogP contribution in [0, 0.1) is 10.1 Å². The van der Waals surface area contributed by atoms with E-state index < -0.39 is 11.0 Å². The Labute approximate surface area is 120 Å². The predicted molar refractivity (Wildman–Crippen MR) is 74.6 cm³/mol. The third kappa shape index (κ3) is 3.26. The van der Waals surface area contributed by atoms with Gasteiger partial charge in [-0.15, -0.1) is 0 Å². The van der Waals surface area contributed by atoms with Gasteiger partial charge in [0.15, 0.2) is 0 Å². The largest absolute Gasteiger partial charge is 0.496 e. The van der Waals surface area contributed by atoms with Crippen molar-refractivity contribution in [3.8, 4) is 17.4 Å². The summed E-state index contributed by atoms with van der Waals surface area (Å²) < 4.78 is 10.5. The number of ether oxygens (including phenoxy) is 2. The molecule has 0 radical (unpaired) electrons. The molecule has 0 aliphatic rings. The van der Waals surface area contributed by atoms with E-state index in [2.05, 4.69) is 4.98 Å². The maximum Gasteiger partial charge on any atom is 0.315 e. The van der Waals surface area contributed by atoms with E-state index in [4.69, 9.17) is 9.47 Å². The zero-order valence-corrected chi connectivity index (χ0v) is 11.5. The Morgan fingerprint density at radius 2 is 2.14 bits per heavy atom. The highest BCUT2D eigenvalue weighted by Gasteiger charge is 2.19. The number of hydrogen-bond acceptors (Lipinski definition) is 6. The van der Waals surface area contributed by atoms with Crippen molar-refractivity contribution in [3.63, 3.8) is 0 Å². The smallest absolute Gasteiger partial charge is 0.315 e. The highest BCUT2D eigenvalue weighted by atomic mass is 16.6. The molecule has 0 spiro atoms. The van der Waals surface area contributed by atoms with Crippen LogP contribution in [-0.4, -0.2) is 22.1 Å². The van der Waals surface area contributed by atoms with Crippen molar-refractivity contribution >= 4 is 5.69 Å². The fourth-order valence-corrected chi connectivity index (χ4v) is 1.76. The molecule has 0 bridgehead atoms. The lowest BCUT2D eigenvalue weighted by molar-refractivity contribution is -0.385. The molecule has 0 aliphatic carbocycles. The molecule has 1 aromatic carbocycles. The summed E-state index contributed by atoms with van der Waals surface area (Å²) in [4.78, 5) is 14.5. The van der Waals surface area contributed by atoms with E-state index >= 15 is 0 Å². The van der Waals surface area contributed by atoms with Crippen LogP contribution in [0.15, 0.2) is 36.5 Å². The van der Waals surface area contributed by atoms with Crippen LogP contribution in [0.2, 0.25) is 0 Å². The Hall–Kier alpha value is -2.67. The van der Waals surface area contributed by atoms with Crippen molar-refractivity contribution in [2.75, 3.05) is 7.11 Å². The Bertz CT molecular complexity index is 658. The first kappa shape index (κ1) is 14.7. The van der Waals surface area contributed by atoms with Crippen molar-refractivity contribution in [3.05, 3.63) is 52.2 Å². The van der Waals surface area contributed by atoms with E-state index in [1.807, 2.05) is 0 Å². The first-order valence-corrected chi connectivity index (χ1v) is 6.16. The fourth-order valence-electron chi connectivity index (χ4n) is 1.76. The van der Waals surface area contributed by atoms with Crippen LogP contribution < -0.4 is 9.47 Å². The lowest BCUT2D eigenvalue weighted by atomic mass is 10.2. The van der Waals surface area contributed by atoms with Crippen molar-refractivity contribution in [2.45, 2.75) is 13.0 Å². The minimum atomic E-state index is -0.800. The summed E-state index contributed by atoms with van der Waals surface area (Å²) in [6, 6.07) is 7.53. The number of pyridine rings is 1. The lowest BCUT2D eigenvalue weighted by Crippen LogP contribution is -2.00. The molecule has 7 nitrogen and oxygen atoms in total. The number of aliphatic hydroxyl groups excluding tert-OH is 1. The molecule has 0 saturated carbocycles. The van der Waals surface area contributed by atoms with Gasteiger partial charge in [0, 0.05) is 11.8 Å². The van der Waals surface area contributed by atoms with Crippen molar-refractivity contribution in [1.29, 1.82) is 0 Å². The predicted octanol–water partition coefficient (Wildman–Crippen LogP) is 2.84. The zero-order chi connectivity index (χ0) is 15.4. The van der Waals surface area contributed by atoms with Crippen LogP contribution in [0.3, 0.4) is 0 Å². The maximum absolute atomic E-state index is 11.1. The minimum absolute atomic E-state index is 0.0291. The van der Waals surface area contributed by atoms with Crippen molar-refractivity contribution < 1.29 is 19.5 Å². The summed E-state index contributed by atoms with van der Waals surface area (Å²) in [6.07, 6.45) is 0.683. The average molecular weight is 290 g/mol. The van der Waals surface area contributed by atoms with Gasteiger partial charge in [0.2, 0.25) is 11.6 Å². The average Bonchev–Trinajstić information content (AvgIpc) is 2.47. The molecule has 0 saturated heterocycles. The Morgan fingerprint density at radius 1 is 1.38 bits per heavy atom. The molecule has 0 unspecified atom stereocenters. The van der Waals surface area contributed by atoms with E-state index in [9.17, 15) is 15.2 Å². The SMILES string of the molecule is COc1ccc(Oc2ncccc2[C@@H](C)O)c([N+](=O)[O-])c1. The molecule has 2 aromatic rings. The molecular weight excluding hydrogens is 276 g/mol. The summed E-state index contributed by atoms with van der Waals surface area (Å²) in [5.41, 5.74) is 0.208. The van der Waals surface area contributed by atoms with E-state index in [0.29, 0.717) is 11.3 Å². The lowest BCUT2D eigenvalue weighted by Gasteiger charge is -2.12. The molecule has 1 atom stereocenters. The van der Waals surface area contributed by atoms with Gasteiger partial charge < -0.3 is 14.6 Å². The Morgan fingerprint density at radius 3 is 2.76 bits per heavy atom. The van der Waals surface area contributed by atoms with E-state index in [1.54, 1.807) is 25.1 Å². The second-order valence-corrected chi connectivity index (χ2v) is 4.27. The van der Waals surface area contributed by atoms with Gasteiger partial charge >= 0.3 is 5.69 Å². The van der Waals surface area contributed by atoms with Gasteiger partial charge in [-0.2, -0.15) is 0 Å². The number of aromatic nitrogens is 1. The van der Waals surface area contributed by atoms with E-state index in [0.717, 1.165) is 0 Å². The molecule has 2 rings (SSSR count). The van der Waals surface area contributed by atoms with Gasteiger partial charge in [0.05, 0.1) is 24.2 Å². The zero-order valence-electron chi connectivity index (χ0n) is 11.5. The summed E-state index contributed by atoms with van der Waals surface area (Å²) >= 11 is 0. The number of hydrogen-bond donors (Lipinski definition) is 1. The second-order valence-electron chi connectivity index (χ2n) is 4.27. The number of nitro benzene ring substituents is 1. The van der Waals surface area contributed by atoms with Crippen LogP contribution in [0.25, 0.3) is 0 Å². The van der Waals surface area contributed by atoms with Crippen molar-refractivity contribution in [1.82, 2.24) is 4.98 Å². The number of aliphatic hydroxyl groups is 1. The summed E-state index contributed by atoms with van der Waals surface area (Å²) in [5, 5.41) is 20.8. The summed E-state index contributed by atoms with van der Waals surface area (Å²) in [6.45, 7) is 1.56. The molecule has 0 amide bonds. The van der Waals surface area contributed by atoms with Crippen LogP contribution in [0.4, 0.5) is 5.69 Å². The summed E-state index contributed by atoms with van der Waals surface area (Å²) in [5.74, 6) is 0.507. The molecule has 7 heteroatoms. The third-order valence-electron chi connectivity index (χ3n) is 2.82. The third-order valence-corrected chi connectivity index (χ3v) is 2.82. The number of nitrogens with zero attached hydrogens (tertiary/aromatic N) is 2. The summed E-state index contributed by atoms with van der Waals surface area (Å²) in [7, 11) is 1.42. The molecular formula is C14H14N2O5. The minimum Gasteiger partial charge on any atom is -0.496 e. The maximum atomic E-state index is 11.1. The molecule has 0 aliphatic heterocycles. The van der Waals surface area contributed by atoms with Gasteiger partial charge in [0.1, 0.15) is 5.75 Å². The number of benzene rings is 1. The van der Waals surface area contributed by atoms with Crippen LogP contribution >= 0.6 is 0 Å². The number of methoxy groups -OCH3 is 1. The normalized spacial score (nSPS) is 11.8. The van der Waals surface area contributed by atoms with Crippen LogP contribution in [0.1, 0.15) is 18.6 Å². The standard InChI is InChI=1S/C14H14N2O5/c1-9(17)11-4-3-7-15-14(11)21-13-6-5-10(20-2)8-12(13)16(18)19/h3-9,17H,1-2H3/t9-/m1/s1. The topological polar surface area (TPSA) is 94.7 Å². The highest BCUT2D eigenvalue weighted by Crippen LogP contribution is 2.35. The second kappa shape index (κ2) is 6.19. The molecule has 1 N–H and O–H groups in total. The first-order valence-electron chi connectivity index (χ1n) is 6.16. The quantitative estimate of drug-likeness (QED) is 0.672. The molecule has 21 heavy (non-hydrogen) atoms. The Kier molecular flexibility index (Phi) is 4.34. The molecule has 1 aromatic heterocycles. The van der Waals surface area contributed by atoms with E-state index in [1.165, 1.54) is 25.4 Å². The highest BCUT2D eigenvalue weighted by molar-refractivity contribution is 5.52. The van der Waals surface area contributed by atoms with Gasteiger partial charge in [-0.3, -0.25) is 10.1 Å². The van der Waals surface area contributed by atoms with Crippen LogP contribution in [0.5, 0.6) is 17.4 Å². The molecule has 110 valence electrons. The number of nitro groups is 1. The molecule has 1 heterocycles. The van der Waals surface area contributed by atoms with E-state index in [-0.39, 0.29) is 17.3 Å². The Balaban J connectivity index is 2.42. The number of rotatable bonds is 5. The van der Waals surface area contributed by atoms with Gasteiger partial charge in [-0.1, -0.05) is 0 Å². The van der Waals surface area contributed by atoms with Crippen molar-refractivity contribution in [2.24, 2.45) is 0 Å². The van der Waals surface area contributed by atoms with Gasteiger partial charge in [-0.25, -0.2) is 4.98 Å². The fraction of sp³-hybridized carbons (Fsp3) is 0.214. The van der Waals surface area contributed by atoms with Gasteiger partial charge in [-0.05, 0) is 31.2 Å². The van der Waals surface area contributed by atoms with Gasteiger partial charge in [0.25, 0.3) is 0 Å². The molecule has 0 fully saturated rings. The first-order chi connectivity index (χ1) is 10.0. The van der Waals surface area contributed by atoms with Crippen LogP contribution in [-0.2, 0) is 0 Å².